The molecule has 5 aromatic carbocycles. The molecule has 6 rings (SSSR count). The summed E-state index contributed by atoms with van der Waals surface area (Å²) in [6, 6.07) is 12.2. The number of benzene rings is 5. The van der Waals surface area contributed by atoms with Crippen LogP contribution in [0.3, 0.4) is 0 Å². The van der Waals surface area contributed by atoms with Crippen molar-refractivity contribution in [2.24, 2.45) is 0 Å². The molecule has 0 radical (unpaired) electrons. The summed E-state index contributed by atoms with van der Waals surface area (Å²) in [6.45, 7) is 0. The van der Waals surface area contributed by atoms with Crippen molar-refractivity contribution in [2.75, 3.05) is 0 Å². The standard InChI is InChI=1S/C24H10O7.2K/c25-21(26)13-5-1-9-11-3-7-15-20-16(24(30)31-23(15)29)8-4-12(18(11)20)10-2-6-14(22(27)28)19(13)17(9)10;;/h1-8H,(H,25,26)(H,27,28);;/q;2*+1/p-2. The van der Waals surface area contributed by atoms with Gasteiger partial charge in [0.15, 0.2) is 0 Å². The summed E-state index contributed by atoms with van der Waals surface area (Å²) < 4.78 is 4.82. The molecule has 0 amide bonds. The van der Waals surface area contributed by atoms with E-state index in [0.717, 1.165) is 0 Å². The first kappa shape index (κ1) is 24.9. The van der Waals surface area contributed by atoms with E-state index in [-0.39, 0.29) is 130 Å². The van der Waals surface area contributed by atoms with Crippen LogP contribution in [-0.4, -0.2) is 23.9 Å². The van der Waals surface area contributed by atoms with E-state index < -0.39 is 23.9 Å². The second-order valence-electron chi connectivity index (χ2n) is 7.39. The third-order valence-electron chi connectivity index (χ3n) is 5.97. The monoisotopic (exact) mass is 486 g/mol. The molecular weight excluding hydrogens is 478 g/mol. The van der Waals surface area contributed by atoms with E-state index in [1.807, 2.05) is 0 Å². The van der Waals surface area contributed by atoms with Crippen LogP contribution in [0.2, 0.25) is 0 Å². The largest absolute Gasteiger partial charge is 1.00 e. The number of carboxylic acid groups (broad SMARTS) is 2. The van der Waals surface area contributed by atoms with Crippen molar-refractivity contribution < 1.29 is 137 Å². The van der Waals surface area contributed by atoms with Crippen molar-refractivity contribution in [3.63, 3.8) is 0 Å². The Bertz CT molecular complexity index is 1590. The van der Waals surface area contributed by atoms with Gasteiger partial charge in [-0.15, -0.1) is 0 Å². The van der Waals surface area contributed by atoms with Crippen LogP contribution in [0.1, 0.15) is 41.4 Å². The molecule has 0 bridgehead atoms. The van der Waals surface area contributed by atoms with Crippen molar-refractivity contribution >= 4 is 67.0 Å². The second kappa shape index (κ2) is 8.76. The molecule has 1 aliphatic rings. The maximum atomic E-state index is 12.3. The van der Waals surface area contributed by atoms with Crippen LogP contribution in [0.25, 0.3) is 43.1 Å². The van der Waals surface area contributed by atoms with Crippen LogP contribution in [0.5, 0.6) is 0 Å². The number of esters is 2. The van der Waals surface area contributed by atoms with Gasteiger partial charge in [-0.1, -0.05) is 36.4 Å². The second-order valence-corrected chi connectivity index (χ2v) is 7.39. The molecule has 0 unspecified atom stereocenters. The Morgan fingerprint density at radius 1 is 0.545 bits per heavy atom. The zero-order valence-electron chi connectivity index (χ0n) is 17.5. The molecule has 148 valence electrons. The Morgan fingerprint density at radius 3 is 1.30 bits per heavy atom. The summed E-state index contributed by atoms with van der Waals surface area (Å²) in [5.74, 6) is -4.49. The van der Waals surface area contributed by atoms with Crippen molar-refractivity contribution in [2.45, 2.75) is 0 Å². The Hall–Kier alpha value is -1.25. The maximum absolute atomic E-state index is 12.3. The molecule has 9 heteroatoms. The number of carboxylic acids is 2. The first-order chi connectivity index (χ1) is 14.9. The predicted molar refractivity (Wildman–Crippen MR) is 106 cm³/mol. The predicted octanol–water partition coefficient (Wildman–Crippen LogP) is -4.22. The van der Waals surface area contributed by atoms with Crippen LogP contribution in [-0.2, 0) is 4.74 Å². The summed E-state index contributed by atoms with van der Waals surface area (Å²) in [4.78, 5) is 48.1. The first-order valence-corrected chi connectivity index (χ1v) is 9.28. The van der Waals surface area contributed by atoms with Crippen molar-refractivity contribution in [3.05, 3.63) is 70.8 Å². The zero-order valence-corrected chi connectivity index (χ0v) is 23.7. The van der Waals surface area contributed by atoms with Gasteiger partial charge in [-0.25, -0.2) is 9.59 Å². The molecule has 0 N–H and O–H groups in total. The molecule has 0 spiro atoms. The third-order valence-corrected chi connectivity index (χ3v) is 5.97. The molecule has 0 saturated carbocycles. The van der Waals surface area contributed by atoms with Gasteiger partial charge in [-0.05, 0) is 44.5 Å². The Labute approximate surface area is 270 Å². The normalized spacial score (nSPS) is 12.6. The van der Waals surface area contributed by atoms with Crippen LogP contribution in [0.4, 0.5) is 0 Å². The summed E-state index contributed by atoms with van der Waals surface area (Å²) in [7, 11) is 0. The average Bonchev–Trinajstić information content (AvgIpc) is 2.75. The SMILES string of the molecule is O=C([O-])c1ccc2c3ccc4c5c(ccc(c6ccc(C(=O)[O-])c1c26)c53)C(=O)OC4=O.[K+].[K+]. The van der Waals surface area contributed by atoms with Crippen molar-refractivity contribution in [1.82, 2.24) is 0 Å². The van der Waals surface area contributed by atoms with Gasteiger partial charge in [0.25, 0.3) is 0 Å². The molecule has 33 heavy (non-hydrogen) atoms. The summed E-state index contributed by atoms with van der Waals surface area (Å²) in [6.07, 6.45) is 0. The fourth-order valence-corrected chi connectivity index (χ4v) is 4.76. The molecular formula is C24H8K2O7. The van der Waals surface area contributed by atoms with E-state index in [1.165, 1.54) is 12.1 Å². The molecule has 7 nitrogen and oxygen atoms in total. The first-order valence-electron chi connectivity index (χ1n) is 9.28. The maximum Gasteiger partial charge on any atom is 1.00 e. The third kappa shape index (κ3) is 3.38. The smallest absolute Gasteiger partial charge is 0.545 e. The number of cyclic esters (lactones) is 2. The minimum absolute atomic E-state index is 0. The molecule has 0 saturated heterocycles. The summed E-state index contributed by atoms with van der Waals surface area (Å²) >= 11 is 0. The number of carbonyl (C=O) groups is 4. The van der Waals surface area contributed by atoms with Crippen LogP contribution in [0, 0.1) is 0 Å². The van der Waals surface area contributed by atoms with Crippen molar-refractivity contribution in [1.29, 1.82) is 0 Å². The minimum atomic E-state index is -1.50. The fourth-order valence-electron chi connectivity index (χ4n) is 4.76. The van der Waals surface area contributed by atoms with Crippen LogP contribution < -0.4 is 113 Å². The van der Waals surface area contributed by atoms with E-state index in [9.17, 15) is 29.4 Å². The number of ether oxygens (including phenoxy) is 1. The molecule has 0 aliphatic carbocycles. The molecule has 1 heterocycles. The summed E-state index contributed by atoms with van der Waals surface area (Å²) in [5, 5.41) is 27.5. The van der Waals surface area contributed by atoms with E-state index in [4.69, 9.17) is 4.74 Å². The quantitative estimate of drug-likeness (QED) is 0.0815. The van der Waals surface area contributed by atoms with Crippen molar-refractivity contribution in [3.8, 4) is 0 Å². The van der Waals surface area contributed by atoms with Crippen LogP contribution in [0.15, 0.2) is 48.5 Å². The Kier molecular flexibility index (Phi) is 6.60. The van der Waals surface area contributed by atoms with Gasteiger partial charge in [0.2, 0.25) is 0 Å². The number of rotatable bonds is 2. The molecule has 0 fully saturated rings. The molecule has 0 aromatic heterocycles. The van der Waals surface area contributed by atoms with Gasteiger partial charge in [-0.3, -0.25) is 0 Å². The molecule has 5 aromatic rings. The number of carbonyl (C=O) groups excluding carboxylic acids is 4. The van der Waals surface area contributed by atoms with Gasteiger partial charge in [-0.2, -0.15) is 0 Å². The van der Waals surface area contributed by atoms with Gasteiger partial charge >= 0.3 is 115 Å². The Balaban J connectivity index is 0.00000130. The average molecular weight is 487 g/mol. The van der Waals surface area contributed by atoms with E-state index in [0.29, 0.717) is 37.7 Å². The number of aromatic carboxylic acids is 2. The van der Waals surface area contributed by atoms with Crippen LogP contribution >= 0.6 is 0 Å². The van der Waals surface area contributed by atoms with Gasteiger partial charge in [0.1, 0.15) is 0 Å². The fraction of sp³-hybridized carbons (Fsp3) is 0. The van der Waals surface area contributed by atoms with Gasteiger partial charge < -0.3 is 24.5 Å². The Morgan fingerprint density at radius 2 is 0.909 bits per heavy atom. The van der Waals surface area contributed by atoms with Gasteiger partial charge in [0, 0.05) is 21.9 Å². The number of hydrogen-bond donors (Lipinski definition) is 0. The number of fused-ring (bicyclic) bond motifs is 2. The van der Waals surface area contributed by atoms with E-state index in [1.54, 1.807) is 36.4 Å². The van der Waals surface area contributed by atoms with E-state index in [2.05, 4.69) is 0 Å². The van der Waals surface area contributed by atoms with E-state index >= 15 is 0 Å². The molecule has 1 aliphatic heterocycles. The van der Waals surface area contributed by atoms with Gasteiger partial charge in [0.05, 0.1) is 23.1 Å². The minimum Gasteiger partial charge on any atom is -0.545 e. The molecule has 0 atom stereocenters. The zero-order chi connectivity index (χ0) is 21.6. The number of hydrogen-bond acceptors (Lipinski definition) is 7. The summed E-state index contributed by atoms with van der Waals surface area (Å²) in [5.41, 5.74) is 0.000393. The topological polar surface area (TPSA) is 124 Å².